The third kappa shape index (κ3) is 7.60. The number of ketones is 1. The van der Waals surface area contributed by atoms with Crippen LogP contribution in [0.25, 0.3) is 0 Å². The molecule has 0 aromatic heterocycles. The number of rotatable bonds is 6. The van der Waals surface area contributed by atoms with Crippen molar-refractivity contribution in [2.24, 2.45) is 0 Å². The molecule has 0 fully saturated rings. The first kappa shape index (κ1) is 10.7. The Labute approximate surface area is 73.4 Å². The van der Waals surface area contributed by atoms with Crippen LogP contribution in [0.1, 0.15) is 39.0 Å². The molecule has 0 atom stereocenters. The standard InChI is InChI=1S/C9H15ClO/c1-2-3-4-5-6-9(11)7-8-10/h7-8H,2-6H2,1H3. The lowest BCUT2D eigenvalue weighted by Gasteiger charge is -1.94. The van der Waals surface area contributed by atoms with Crippen molar-refractivity contribution in [2.45, 2.75) is 39.0 Å². The minimum atomic E-state index is 0.135. The molecule has 0 aliphatic carbocycles. The minimum absolute atomic E-state index is 0.135. The van der Waals surface area contributed by atoms with Crippen LogP contribution in [-0.2, 0) is 4.79 Å². The summed E-state index contributed by atoms with van der Waals surface area (Å²) in [5.41, 5.74) is 1.28. The third-order valence-electron chi connectivity index (χ3n) is 1.53. The van der Waals surface area contributed by atoms with Gasteiger partial charge < -0.3 is 0 Å². The average molecular weight is 175 g/mol. The van der Waals surface area contributed by atoms with E-state index in [9.17, 15) is 4.79 Å². The normalized spacial score (nSPS) is 10.7. The van der Waals surface area contributed by atoms with Gasteiger partial charge in [-0.25, -0.2) is 0 Å². The van der Waals surface area contributed by atoms with E-state index in [1.165, 1.54) is 24.5 Å². The van der Waals surface area contributed by atoms with Gasteiger partial charge in [0.1, 0.15) is 0 Å². The SMILES string of the molecule is CCCCCCC(=O)C=CCl. The van der Waals surface area contributed by atoms with E-state index in [0.717, 1.165) is 12.8 Å². The number of hydrogen-bond donors (Lipinski definition) is 0. The highest BCUT2D eigenvalue weighted by Gasteiger charge is 1.94. The molecule has 0 saturated heterocycles. The predicted octanol–water partition coefficient (Wildman–Crippen LogP) is 3.28. The van der Waals surface area contributed by atoms with Crippen LogP contribution in [-0.4, -0.2) is 5.78 Å². The largest absolute Gasteiger partial charge is 0.295 e. The van der Waals surface area contributed by atoms with Gasteiger partial charge in [0.2, 0.25) is 0 Å². The summed E-state index contributed by atoms with van der Waals surface area (Å²) in [6.45, 7) is 2.15. The molecule has 1 nitrogen and oxygen atoms in total. The number of halogens is 1. The maximum atomic E-state index is 10.8. The van der Waals surface area contributed by atoms with Crippen LogP contribution < -0.4 is 0 Å². The predicted molar refractivity (Wildman–Crippen MR) is 48.8 cm³/mol. The quantitative estimate of drug-likeness (QED) is 0.446. The zero-order chi connectivity index (χ0) is 8.53. The van der Waals surface area contributed by atoms with Gasteiger partial charge in [0.15, 0.2) is 5.78 Å². The Kier molecular flexibility index (Phi) is 7.59. The first-order valence-electron chi connectivity index (χ1n) is 4.11. The molecule has 0 heterocycles. The van der Waals surface area contributed by atoms with Crippen molar-refractivity contribution in [1.82, 2.24) is 0 Å². The Bertz CT molecular complexity index is 130. The molecule has 0 spiro atoms. The molecular formula is C9H15ClO. The van der Waals surface area contributed by atoms with E-state index in [1.807, 2.05) is 0 Å². The van der Waals surface area contributed by atoms with Crippen LogP contribution in [0, 0.1) is 0 Å². The first-order valence-corrected chi connectivity index (χ1v) is 4.54. The Morgan fingerprint density at radius 2 is 2.09 bits per heavy atom. The highest BCUT2D eigenvalue weighted by atomic mass is 35.5. The molecule has 0 rings (SSSR count). The number of allylic oxidation sites excluding steroid dienone is 1. The molecule has 2 heteroatoms. The third-order valence-corrected chi connectivity index (χ3v) is 1.65. The molecule has 0 unspecified atom stereocenters. The Morgan fingerprint density at radius 3 is 2.64 bits per heavy atom. The fraction of sp³-hybridized carbons (Fsp3) is 0.667. The number of carbonyl (C=O) groups excluding carboxylic acids is 1. The van der Waals surface area contributed by atoms with Crippen molar-refractivity contribution in [3.63, 3.8) is 0 Å². The number of carbonyl (C=O) groups is 1. The first-order chi connectivity index (χ1) is 5.31. The van der Waals surface area contributed by atoms with Crippen LogP contribution in [0.4, 0.5) is 0 Å². The van der Waals surface area contributed by atoms with Gasteiger partial charge in [-0.2, -0.15) is 0 Å². The van der Waals surface area contributed by atoms with Gasteiger partial charge in [-0.05, 0) is 12.5 Å². The summed E-state index contributed by atoms with van der Waals surface area (Å²) in [4.78, 5) is 10.8. The van der Waals surface area contributed by atoms with Crippen LogP contribution in [0.15, 0.2) is 11.6 Å². The molecule has 0 amide bonds. The van der Waals surface area contributed by atoms with Crippen molar-refractivity contribution in [1.29, 1.82) is 0 Å². The molecule has 0 N–H and O–H groups in total. The summed E-state index contributed by atoms with van der Waals surface area (Å²) >= 11 is 5.24. The molecule has 0 aliphatic rings. The molecule has 64 valence electrons. The lowest BCUT2D eigenvalue weighted by atomic mass is 10.1. The van der Waals surface area contributed by atoms with E-state index < -0.39 is 0 Å². The van der Waals surface area contributed by atoms with E-state index in [4.69, 9.17) is 11.6 Å². The zero-order valence-electron chi connectivity index (χ0n) is 6.98. The van der Waals surface area contributed by atoms with Crippen molar-refractivity contribution >= 4 is 17.4 Å². The average Bonchev–Trinajstić information content (AvgIpc) is 1.99. The summed E-state index contributed by atoms with van der Waals surface area (Å²) in [7, 11) is 0. The van der Waals surface area contributed by atoms with Gasteiger partial charge in [0.05, 0.1) is 0 Å². The molecule has 11 heavy (non-hydrogen) atoms. The number of unbranched alkanes of at least 4 members (excludes halogenated alkanes) is 3. The maximum absolute atomic E-state index is 10.8. The van der Waals surface area contributed by atoms with E-state index >= 15 is 0 Å². The van der Waals surface area contributed by atoms with E-state index in [0.29, 0.717) is 6.42 Å². The molecule has 0 aromatic carbocycles. The van der Waals surface area contributed by atoms with Crippen molar-refractivity contribution in [2.75, 3.05) is 0 Å². The van der Waals surface area contributed by atoms with Gasteiger partial charge in [0, 0.05) is 12.0 Å². The van der Waals surface area contributed by atoms with Crippen molar-refractivity contribution in [3.8, 4) is 0 Å². The smallest absolute Gasteiger partial charge is 0.156 e. The van der Waals surface area contributed by atoms with Crippen molar-refractivity contribution in [3.05, 3.63) is 11.6 Å². The van der Waals surface area contributed by atoms with Gasteiger partial charge >= 0.3 is 0 Å². The zero-order valence-corrected chi connectivity index (χ0v) is 7.73. The summed E-state index contributed by atoms with van der Waals surface area (Å²) in [5.74, 6) is 0.135. The highest BCUT2D eigenvalue weighted by molar-refractivity contribution is 6.26. The molecular weight excluding hydrogens is 160 g/mol. The summed E-state index contributed by atoms with van der Waals surface area (Å²) in [6, 6.07) is 0. The van der Waals surface area contributed by atoms with E-state index in [-0.39, 0.29) is 5.78 Å². The van der Waals surface area contributed by atoms with Crippen LogP contribution in [0.3, 0.4) is 0 Å². The molecule has 0 saturated carbocycles. The molecule has 0 aromatic rings. The van der Waals surface area contributed by atoms with Crippen molar-refractivity contribution < 1.29 is 4.79 Å². The van der Waals surface area contributed by atoms with Gasteiger partial charge in [0.25, 0.3) is 0 Å². The second-order valence-corrected chi connectivity index (χ2v) is 2.82. The molecule has 0 bridgehead atoms. The van der Waals surface area contributed by atoms with E-state index in [2.05, 4.69) is 6.92 Å². The van der Waals surface area contributed by atoms with Gasteiger partial charge in [-0.3, -0.25) is 4.79 Å². The fourth-order valence-electron chi connectivity index (χ4n) is 0.880. The van der Waals surface area contributed by atoms with Gasteiger partial charge in [-0.1, -0.05) is 37.8 Å². The lowest BCUT2D eigenvalue weighted by Crippen LogP contribution is -1.91. The Balaban J connectivity index is 3.17. The summed E-state index contributed by atoms with van der Waals surface area (Å²) in [6.07, 6.45) is 6.64. The van der Waals surface area contributed by atoms with E-state index in [1.54, 1.807) is 0 Å². The van der Waals surface area contributed by atoms with Gasteiger partial charge in [-0.15, -0.1) is 0 Å². The monoisotopic (exact) mass is 174 g/mol. The second kappa shape index (κ2) is 7.80. The lowest BCUT2D eigenvalue weighted by molar-refractivity contribution is -0.114. The number of hydrogen-bond acceptors (Lipinski definition) is 1. The Hall–Kier alpha value is -0.300. The molecule has 0 aliphatic heterocycles. The maximum Gasteiger partial charge on any atom is 0.156 e. The van der Waals surface area contributed by atoms with Crippen LogP contribution in [0.2, 0.25) is 0 Å². The van der Waals surface area contributed by atoms with Crippen LogP contribution >= 0.6 is 11.6 Å². The second-order valence-electron chi connectivity index (χ2n) is 2.57. The molecule has 0 radical (unpaired) electrons. The van der Waals surface area contributed by atoms with Crippen LogP contribution in [0.5, 0.6) is 0 Å². The summed E-state index contributed by atoms with van der Waals surface area (Å²) in [5, 5.41) is 0. The topological polar surface area (TPSA) is 17.1 Å². The highest BCUT2D eigenvalue weighted by Crippen LogP contribution is 2.03. The summed E-state index contributed by atoms with van der Waals surface area (Å²) < 4.78 is 0. The minimum Gasteiger partial charge on any atom is -0.295 e. The fourth-order valence-corrected chi connectivity index (χ4v) is 1.02. The Morgan fingerprint density at radius 1 is 1.36 bits per heavy atom.